The van der Waals surface area contributed by atoms with Crippen molar-refractivity contribution in [3.05, 3.63) is 21.5 Å². The van der Waals surface area contributed by atoms with Crippen LogP contribution in [0.25, 0.3) is 0 Å². The Labute approximate surface area is 71.5 Å². The van der Waals surface area contributed by atoms with Gasteiger partial charge in [-0.15, -0.1) is 0 Å². The van der Waals surface area contributed by atoms with Crippen LogP contribution in [0.1, 0.15) is 0 Å². The van der Waals surface area contributed by atoms with Crippen molar-refractivity contribution >= 4 is 34.0 Å². The summed E-state index contributed by atoms with van der Waals surface area (Å²) >= 11 is 1.95. The first kappa shape index (κ1) is 7.59. The SMILES string of the molecule is Nc1cc(N)c(I)cc1F. The maximum absolute atomic E-state index is 12.6. The average Bonchev–Trinajstić information content (AvgIpc) is 1.84. The van der Waals surface area contributed by atoms with Gasteiger partial charge in [-0.3, -0.25) is 0 Å². The Balaban J connectivity index is 3.28. The van der Waals surface area contributed by atoms with E-state index in [0.29, 0.717) is 9.26 Å². The summed E-state index contributed by atoms with van der Waals surface area (Å²) in [5.74, 6) is -0.418. The van der Waals surface area contributed by atoms with Gasteiger partial charge in [-0.1, -0.05) is 0 Å². The maximum Gasteiger partial charge on any atom is 0.147 e. The van der Waals surface area contributed by atoms with E-state index in [0.717, 1.165) is 0 Å². The fourth-order valence-corrected chi connectivity index (χ4v) is 1.01. The zero-order valence-corrected chi connectivity index (χ0v) is 7.22. The number of halogens is 2. The summed E-state index contributed by atoms with van der Waals surface area (Å²) in [5.41, 5.74) is 11.3. The summed E-state index contributed by atoms with van der Waals surface area (Å²) < 4.78 is 13.3. The predicted octanol–water partition coefficient (Wildman–Crippen LogP) is 1.59. The Morgan fingerprint density at radius 3 is 2.30 bits per heavy atom. The van der Waals surface area contributed by atoms with Crippen LogP contribution >= 0.6 is 22.6 Å². The van der Waals surface area contributed by atoms with E-state index in [1.165, 1.54) is 12.1 Å². The highest BCUT2D eigenvalue weighted by atomic mass is 127. The number of hydrogen-bond acceptors (Lipinski definition) is 2. The van der Waals surface area contributed by atoms with E-state index in [1.54, 1.807) is 0 Å². The first-order valence-corrected chi connectivity index (χ1v) is 3.69. The Hall–Kier alpha value is -0.520. The summed E-state index contributed by atoms with van der Waals surface area (Å²) in [6.45, 7) is 0. The quantitative estimate of drug-likeness (QED) is 0.544. The van der Waals surface area contributed by atoms with Gasteiger partial charge < -0.3 is 11.5 Å². The molecule has 0 amide bonds. The van der Waals surface area contributed by atoms with Crippen molar-refractivity contribution in [1.82, 2.24) is 0 Å². The fourth-order valence-electron chi connectivity index (χ4n) is 0.583. The van der Waals surface area contributed by atoms with Crippen LogP contribution in [0.5, 0.6) is 0 Å². The van der Waals surface area contributed by atoms with Crippen molar-refractivity contribution in [2.24, 2.45) is 0 Å². The minimum Gasteiger partial charge on any atom is -0.398 e. The topological polar surface area (TPSA) is 52.0 Å². The van der Waals surface area contributed by atoms with Gasteiger partial charge in [-0.25, -0.2) is 4.39 Å². The molecule has 10 heavy (non-hydrogen) atoms. The largest absolute Gasteiger partial charge is 0.398 e. The van der Waals surface area contributed by atoms with Crippen LogP contribution in [0, 0.1) is 9.39 Å². The smallest absolute Gasteiger partial charge is 0.147 e. The third-order valence-electron chi connectivity index (χ3n) is 1.12. The van der Waals surface area contributed by atoms with Crippen molar-refractivity contribution in [3.8, 4) is 0 Å². The molecular formula is C6H6FIN2. The molecule has 1 aromatic carbocycles. The summed E-state index contributed by atoms with van der Waals surface area (Å²) in [6.07, 6.45) is 0. The minimum atomic E-state index is -0.418. The van der Waals surface area contributed by atoms with Crippen molar-refractivity contribution in [2.45, 2.75) is 0 Å². The van der Waals surface area contributed by atoms with Gasteiger partial charge in [0.15, 0.2) is 0 Å². The molecule has 0 aliphatic carbocycles. The van der Waals surface area contributed by atoms with E-state index in [1.807, 2.05) is 22.6 Å². The number of nitrogen functional groups attached to an aromatic ring is 2. The molecule has 1 rings (SSSR count). The predicted molar refractivity (Wildman–Crippen MR) is 47.9 cm³/mol. The molecule has 1 aromatic rings. The molecule has 0 fully saturated rings. The second kappa shape index (κ2) is 2.61. The maximum atomic E-state index is 12.6. The van der Waals surface area contributed by atoms with Crippen LogP contribution in [0.3, 0.4) is 0 Å². The molecular weight excluding hydrogens is 246 g/mol. The second-order valence-corrected chi connectivity index (χ2v) is 3.06. The fraction of sp³-hybridized carbons (Fsp3) is 0. The van der Waals surface area contributed by atoms with Gasteiger partial charge in [0.25, 0.3) is 0 Å². The van der Waals surface area contributed by atoms with Crippen LogP contribution in [-0.4, -0.2) is 0 Å². The van der Waals surface area contributed by atoms with Gasteiger partial charge in [0.2, 0.25) is 0 Å². The number of anilines is 2. The number of rotatable bonds is 0. The molecule has 0 atom stereocenters. The molecule has 4 heteroatoms. The summed E-state index contributed by atoms with van der Waals surface area (Å²) in [6, 6.07) is 2.72. The van der Waals surface area contributed by atoms with E-state index in [2.05, 4.69) is 0 Å². The average molecular weight is 252 g/mol. The van der Waals surface area contributed by atoms with E-state index in [-0.39, 0.29) is 5.69 Å². The van der Waals surface area contributed by atoms with Gasteiger partial charge in [-0.05, 0) is 34.7 Å². The molecule has 0 aliphatic rings. The molecule has 2 nitrogen and oxygen atoms in total. The zero-order chi connectivity index (χ0) is 7.72. The van der Waals surface area contributed by atoms with Gasteiger partial charge in [0.05, 0.1) is 5.69 Å². The van der Waals surface area contributed by atoms with E-state index in [4.69, 9.17) is 11.5 Å². The third-order valence-corrected chi connectivity index (χ3v) is 2.05. The van der Waals surface area contributed by atoms with Gasteiger partial charge in [-0.2, -0.15) is 0 Å². The van der Waals surface area contributed by atoms with E-state index < -0.39 is 5.82 Å². The van der Waals surface area contributed by atoms with Crippen molar-refractivity contribution in [1.29, 1.82) is 0 Å². The van der Waals surface area contributed by atoms with Crippen molar-refractivity contribution < 1.29 is 4.39 Å². The Kier molecular flexibility index (Phi) is 1.98. The van der Waals surface area contributed by atoms with Crippen LogP contribution in [-0.2, 0) is 0 Å². The standard InChI is InChI=1S/C6H6FIN2/c7-3-1-4(8)6(10)2-5(3)9/h1-2H,9-10H2. The van der Waals surface area contributed by atoms with Crippen LogP contribution in [0.15, 0.2) is 12.1 Å². The molecule has 4 N–H and O–H groups in total. The van der Waals surface area contributed by atoms with Crippen LogP contribution in [0.2, 0.25) is 0 Å². The second-order valence-electron chi connectivity index (χ2n) is 1.90. The van der Waals surface area contributed by atoms with Crippen molar-refractivity contribution in [2.75, 3.05) is 11.5 Å². The molecule has 0 radical (unpaired) electrons. The highest BCUT2D eigenvalue weighted by Crippen LogP contribution is 2.20. The first-order chi connectivity index (χ1) is 4.61. The number of benzene rings is 1. The Morgan fingerprint density at radius 2 is 1.80 bits per heavy atom. The summed E-state index contributed by atoms with van der Waals surface area (Å²) in [5, 5.41) is 0. The molecule has 54 valence electrons. The van der Waals surface area contributed by atoms with E-state index >= 15 is 0 Å². The molecule has 0 spiro atoms. The lowest BCUT2D eigenvalue weighted by molar-refractivity contribution is 0.632. The lowest BCUT2D eigenvalue weighted by atomic mass is 10.3. The molecule has 0 unspecified atom stereocenters. The van der Waals surface area contributed by atoms with Gasteiger partial charge in [0, 0.05) is 9.26 Å². The summed E-state index contributed by atoms with van der Waals surface area (Å²) in [4.78, 5) is 0. The van der Waals surface area contributed by atoms with Gasteiger partial charge in [0.1, 0.15) is 5.82 Å². The van der Waals surface area contributed by atoms with Crippen LogP contribution < -0.4 is 11.5 Å². The summed E-state index contributed by atoms with van der Waals surface area (Å²) in [7, 11) is 0. The highest BCUT2D eigenvalue weighted by molar-refractivity contribution is 14.1. The molecule has 0 saturated heterocycles. The van der Waals surface area contributed by atoms with E-state index in [9.17, 15) is 4.39 Å². The van der Waals surface area contributed by atoms with Crippen molar-refractivity contribution in [3.63, 3.8) is 0 Å². The zero-order valence-electron chi connectivity index (χ0n) is 5.07. The number of hydrogen-bond donors (Lipinski definition) is 2. The molecule has 0 aliphatic heterocycles. The molecule has 0 aromatic heterocycles. The van der Waals surface area contributed by atoms with Crippen LogP contribution in [0.4, 0.5) is 15.8 Å². The van der Waals surface area contributed by atoms with Gasteiger partial charge >= 0.3 is 0 Å². The Morgan fingerprint density at radius 1 is 1.20 bits per heavy atom. The Bertz CT molecular complexity index is 212. The third kappa shape index (κ3) is 1.31. The monoisotopic (exact) mass is 252 g/mol. The first-order valence-electron chi connectivity index (χ1n) is 2.61. The normalized spacial score (nSPS) is 9.80. The highest BCUT2D eigenvalue weighted by Gasteiger charge is 2.01. The molecule has 0 heterocycles. The minimum absolute atomic E-state index is 0.0953. The lowest BCUT2D eigenvalue weighted by Gasteiger charge is -1.99. The molecule has 0 saturated carbocycles. The molecule has 0 bridgehead atoms. The number of nitrogens with two attached hydrogens (primary N) is 2. The lowest BCUT2D eigenvalue weighted by Crippen LogP contribution is -1.95.